The van der Waals surface area contributed by atoms with E-state index in [0.29, 0.717) is 54.9 Å². The normalized spacial score (nSPS) is 11.2. The van der Waals surface area contributed by atoms with E-state index in [2.05, 4.69) is 5.32 Å². The van der Waals surface area contributed by atoms with Crippen LogP contribution in [0.4, 0.5) is 0 Å². The molecule has 32 heavy (non-hydrogen) atoms. The van der Waals surface area contributed by atoms with Gasteiger partial charge in [0.25, 0.3) is 0 Å². The molecule has 1 unspecified atom stereocenters. The third-order valence-corrected chi connectivity index (χ3v) is 5.09. The largest absolute Gasteiger partial charge is 0.493 e. The summed E-state index contributed by atoms with van der Waals surface area (Å²) >= 11 is 0. The van der Waals surface area contributed by atoms with Crippen molar-refractivity contribution in [3.8, 4) is 5.75 Å². The topological polar surface area (TPSA) is 119 Å². The van der Waals surface area contributed by atoms with Gasteiger partial charge in [0.15, 0.2) is 12.6 Å². The molecule has 0 heterocycles. The molecule has 1 aromatic carbocycles. The summed E-state index contributed by atoms with van der Waals surface area (Å²) in [5.74, 6) is 0.284. The van der Waals surface area contributed by atoms with Gasteiger partial charge in [0.1, 0.15) is 5.75 Å². The first kappa shape index (κ1) is 29.4. The summed E-state index contributed by atoms with van der Waals surface area (Å²) in [6.45, 7) is 3.37. The van der Waals surface area contributed by atoms with Gasteiger partial charge in [-0.1, -0.05) is 37.8 Å². The van der Waals surface area contributed by atoms with E-state index in [-0.39, 0.29) is 5.91 Å². The Kier molecular flexibility index (Phi) is 17.6. The molecule has 1 aromatic rings. The number of carbonyl (C=O) groups excluding carboxylic acids is 4. The molecule has 180 valence electrons. The van der Waals surface area contributed by atoms with Gasteiger partial charge in [-0.3, -0.25) is 24.5 Å². The molecule has 0 spiro atoms. The zero-order chi connectivity index (χ0) is 24.2. The van der Waals surface area contributed by atoms with Crippen LogP contribution < -0.4 is 15.8 Å². The number of nitrogens with zero attached hydrogens (tertiary/aromatic N) is 1. The molecule has 0 saturated carbocycles. The van der Waals surface area contributed by atoms with Crippen molar-refractivity contribution in [2.45, 2.75) is 64.3 Å². The summed E-state index contributed by atoms with van der Waals surface area (Å²) in [4.78, 5) is 44.5. The van der Waals surface area contributed by atoms with Gasteiger partial charge in [-0.2, -0.15) is 0 Å². The highest BCUT2D eigenvalue weighted by Gasteiger charge is 2.08. The van der Waals surface area contributed by atoms with Crippen LogP contribution in [0.25, 0.3) is 0 Å². The molecule has 1 atom stereocenters. The second kappa shape index (κ2) is 19.1. The van der Waals surface area contributed by atoms with Crippen LogP contribution in [0.15, 0.2) is 18.2 Å². The van der Waals surface area contributed by atoms with Crippen LogP contribution in [0.1, 0.15) is 79.0 Å². The summed E-state index contributed by atoms with van der Waals surface area (Å²) in [6, 6.07) is 5.42. The number of aldehydes is 2. The Bertz CT molecular complexity index is 680. The Morgan fingerprint density at radius 2 is 1.72 bits per heavy atom. The average Bonchev–Trinajstić information content (AvgIpc) is 2.79. The fourth-order valence-electron chi connectivity index (χ4n) is 2.79. The predicted molar refractivity (Wildman–Crippen MR) is 126 cm³/mol. The van der Waals surface area contributed by atoms with Crippen molar-refractivity contribution < 1.29 is 23.9 Å². The number of amides is 2. The van der Waals surface area contributed by atoms with Gasteiger partial charge in [-0.15, -0.1) is 0 Å². The highest BCUT2D eigenvalue weighted by atomic mass is 16.5. The molecule has 2 amide bonds. The molecule has 0 aliphatic rings. The minimum absolute atomic E-state index is 0.210. The van der Waals surface area contributed by atoms with E-state index in [4.69, 9.17) is 10.5 Å². The fourth-order valence-corrected chi connectivity index (χ4v) is 2.79. The number of nitrogens with two attached hydrogens (primary N) is 1. The number of unbranched alkanes of at least 4 members (excludes halogenated alkanes) is 5. The number of ether oxygens (including phenoxy) is 1. The maximum atomic E-state index is 11.0. The summed E-state index contributed by atoms with van der Waals surface area (Å²) in [6.07, 6.45) is 9.66. The number of benzene rings is 1. The molecule has 8 nitrogen and oxygen atoms in total. The highest BCUT2D eigenvalue weighted by molar-refractivity contribution is 5.92. The van der Waals surface area contributed by atoms with Gasteiger partial charge in [0.05, 0.1) is 12.2 Å². The van der Waals surface area contributed by atoms with Crippen molar-refractivity contribution in [1.29, 1.82) is 0 Å². The van der Waals surface area contributed by atoms with Crippen molar-refractivity contribution in [3.05, 3.63) is 29.3 Å². The molecule has 0 fully saturated rings. The van der Waals surface area contributed by atoms with Crippen LogP contribution >= 0.6 is 0 Å². The van der Waals surface area contributed by atoms with Gasteiger partial charge in [-0.05, 0) is 52.9 Å². The molecule has 0 aromatic heterocycles. The maximum Gasteiger partial charge on any atom is 0.226 e. The van der Waals surface area contributed by atoms with E-state index >= 15 is 0 Å². The lowest BCUT2D eigenvalue weighted by molar-refractivity contribution is -0.125. The van der Waals surface area contributed by atoms with E-state index in [0.717, 1.165) is 32.2 Å². The van der Waals surface area contributed by atoms with Gasteiger partial charge >= 0.3 is 0 Å². The van der Waals surface area contributed by atoms with Gasteiger partial charge in [-0.25, -0.2) is 0 Å². The molecule has 1 rings (SSSR count). The monoisotopic (exact) mass is 449 g/mol. The van der Waals surface area contributed by atoms with Crippen molar-refractivity contribution in [1.82, 2.24) is 10.2 Å². The van der Waals surface area contributed by atoms with E-state index in [1.165, 1.54) is 19.3 Å². The molecular weight excluding hydrogens is 410 g/mol. The third kappa shape index (κ3) is 13.7. The molecule has 8 heteroatoms. The van der Waals surface area contributed by atoms with Gasteiger partial charge in [0, 0.05) is 18.0 Å². The number of nitrogens with one attached hydrogen (secondary N) is 1. The average molecular weight is 450 g/mol. The van der Waals surface area contributed by atoms with Crippen molar-refractivity contribution in [3.63, 3.8) is 0 Å². The van der Waals surface area contributed by atoms with Crippen LogP contribution in [0.5, 0.6) is 5.75 Å². The first-order valence-corrected chi connectivity index (χ1v) is 11.2. The quantitative estimate of drug-likeness (QED) is 0.294. The summed E-state index contributed by atoms with van der Waals surface area (Å²) < 4.78 is 5.59. The lowest BCUT2D eigenvalue weighted by Gasteiger charge is -2.18. The Morgan fingerprint density at radius 1 is 1.06 bits per heavy atom. The summed E-state index contributed by atoms with van der Waals surface area (Å²) in [5.41, 5.74) is 6.15. The number of hydrogen-bond acceptors (Lipinski definition) is 7. The van der Waals surface area contributed by atoms with E-state index < -0.39 is 0 Å². The van der Waals surface area contributed by atoms with Crippen LogP contribution in [0, 0.1) is 0 Å². The van der Waals surface area contributed by atoms with Crippen LogP contribution in [-0.4, -0.2) is 63.1 Å². The lowest BCUT2D eigenvalue weighted by atomic mass is 10.1. The smallest absolute Gasteiger partial charge is 0.226 e. The van der Waals surface area contributed by atoms with Crippen molar-refractivity contribution >= 4 is 24.9 Å². The lowest BCUT2D eigenvalue weighted by Crippen LogP contribution is -2.28. The highest BCUT2D eigenvalue weighted by Crippen LogP contribution is 2.20. The number of hydrogen-bond donors (Lipinski definition) is 2. The Balaban J connectivity index is 0.000000687. The zero-order valence-corrected chi connectivity index (χ0v) is 19.7. The van der Waals surface area contributed by atoms with Crippen LogP contribution in [-0.2, 0) is 9.59 Å². The minimum Gasteiger partial charge on any atom is -0.493 e. The standard InChI is InChI=1S/C16H23NO3.C8H16N2O2/c17-10-5-3-1-2-4-6-11-20-16-9-7-8-14(12-18)15(16)13-19;1-7(10(2)3)4-5-8(12)9-6-11/h7-9,12-13H,1-6,10-11,17H2;6-7H,4-5H2,1-3H3,(H,9,11,12). The Hall–Kier alpha value is -2.58. The van der Waals surface area contributed by atoms with E-state index in [9.17, 15) is 19.2 Å². The Labute approximate surface area is 191 Å². The first-order valence-electron chi connectivity index (χ1n) is 11.2. The first-order chi connectivity index (χ1) is 15.4. The SMILES string of the molecule is CC(CCC(=O)NC=O)N(C)C.NCCCCCCCCOc1cccc(C=O)c1C=O. The number of imide groups is 1. The van der Waals surface area contributed by atoms with Crippen LogP contribution in [0.3, 0.4) is 0 Å². The number of carbonyl (C=O) groups is 4. The molecule has 0 radical (unpaired) electrons. The maximum absolute atomic E-state index is 11.0. The molecule has 0 saturated heterocycles. The molecular formula is C24H39N3O5. The van der Waals surface area contributed by atoms with Crippen molar-refractivity contribution in [2.24, 2.45) is 5.73 Å². The second-order valence-corrected chi connectivity index (χ2v) is 7.79. The zero-order valence-electron chi connectivity index (χ0n) is 19.7. The van der Waals surface area contributed by atoms with Gasteiger partial charge in [0.2, 0.25) is 12.3 Å². The summed E-state index contributed by atoms with van der Waals surface area (Å²) in [7, 11) is 3.92. The Morgan fingerprint density at radius 3 is 2.28 bits per heavy atom. The molecule has 0 aliphatic carbocycles. The van der Waals surface area contributed by atoms with Crippen molar-refractivity contribution in [2.75, 3.05) is 27.2 Å². The van der Waals surface area contributed by atoms with E-state index in [1.807, 2.05) is 25.9 Å². The van der Waals surface area contributed by atoms with Crippen LogP contribution in [0.2, 0.25) is 0 Å². The predicted octanol–water partition coefficient (Wildman–Crippen LogP) is 2.98. The summed E-state index contributed by atoms with van der Waals surface area (Å²) in [5, 5.41) is 2.10. The minimum atomic E-state index is -0.210. The fraction of sp³-hybridized carbons (Fsp3) is 0.583. The van der Waals surface area contributed by atoms with E-state index in [1.54, 1.807) is 18.2 Å². The third-order valence-electron chi connectivity index (χ3n) is 5.09. The number of rotatable bonds is 16. The molecule has 3 N–H and O–H groups in total. The molecule has 0 bridgehead atoms. The second-order valence-electron chi connectivity index (χ2n) is 7.79. The molecule has 0 aliphatic heterocycles. The van der Waals surface area contributed by atoms with Gasteiger partial charge < -0.3 is 15.4 Å².